The number of rotatable bonds is 8. The summed E-state index contributed by atoms with van der Waals surface area (Å²) in [6.45, 7) is 8.67. The fraction of sp³-hybridized carbons (Fsp3) is 0.714. The van der Waals surface area contributed by atoms with Gasteiger partial charge in [0, 0.05) is 25.7 Å². The van der Waals surface area contributed by atoms with E-state index in [9.17, 15) is 0 Å². The fourth-order valence-corrected chi connectivity index (χ4v) is 2.13. The Morgan fingerprint density at radius 1 is 1.17 bits per heavy atom. The molecule has 0 aliphatic heterocycles. The monoisotopic (exact) mass is 250 g/mol. The number of nitrogens with zero attached hydrogens (tertiary/aromatic N) is 3. The molecule has 1 aromatic heterocycles. The van der Waals surface area contributed by atoms with E-state index in [0.29, 0.717) is 0 Å². The first kappa shape index (κ1) is 14.7. The molecule has 0 saturated carbocycles. The van der Waals surface area contributed by atoms with Crippen LogP contribution in [0, 0.1) is 0 Å². The second-order valence-corrected chi connectivity index (χ2v) is 4.46. The second kappa shape index (κ2) is 7.90. The average Bonchev–Trinajstić information content (AvgIpc) is 2.41. The largest absolute Gasteiger partial charge is 0.373 e. The zero-order valence-electron chi connectivity index (χ0n) is 12.2. The summed E-state index contributed by atoms with van der Waals surface area (Å²) in [6.07, 6.45) is 6.21. The number of aromatic nitrogens is 2. The lowest BCUT2D eigenvalue weighted by molar-refractivity contribution is 0.716. The molecule has 0 saturated heterocycles. The normalized spacial score (nSPS) is 10.4. The van der Waals surface area contributed by atoms with Gasteiger partial charge in [-0.05, 0) is 19.8 Å². The molecule has 1 aromatic rings. The van der Waals surface area contributed by atoms with Crippen LogP contribution in [0.25, 0.3) is 0 Å². The summed E-state index contributed by atoms with van der Waals surface area (Å²) < 4.78 is 0. The summed E-state index contributed by atoms with van der Waals surface area (Å²) in [5.41, 5.74) is 1.25. The molecule has 1 rings (SSSR count). The van der Waals surface area contributed by atoms with Crippen molar-refractivity contribution in [3.63, 3.8) is 0 Å². The Kier molecular flexibility index (Phi) is 6.47. The van der Waals surface area contributed by atoms with Crippen molar-refractivity contribution in [3.05, 3.63) is 11.9 Å². The molecule has 18 heavy (non-hydrogen) atoms. The van der Waals surface area contributed by atoms with Gasteiger partial charge in [-0.2, -0.15) is 0 Å². The van der Waals surface area contributed by atoms with Crippen LogP contribution in [0.5, 0.6) is 0 Å². The van der Waals surface area contributed by atoms with Gasteiger partial charge in [0.15, 0.2) is 0 Å². The van der Waals surface area contributed by atoms with Crippen LogP contribution < -0.4 is 10.2 Å². The van der Waals surface area contributed by atoms with Crippen LogP contribution in [0.3, 0.4) is 0 Å². The number of anilines is 2. The van der Waals surface area contributed by atoms with Gasteiger partial charge in [0.05, 0.1) is 0 Å². The second-order valence-electron chi connectivity index (χ2n) is 4.46. The van der Waals surface area contributed by atoms with E-state index in [1.807, 2.05) is 7.05 Å². The molecule has 0 fully saturated rings. The minimum atomic E-state index is 0.969. The lowest BCUT2D eigenvalue weighted by Crippen LogP contribution is -2.26. The van der Waals surface area contributed by atoms with E-state index >= 15 is 0 Å². The van der Waals surface area contributed by atoms with E-state index in [0.717, 1.165) is 37.6 Å². The van der Waals surface area contributed by atoms with Crippen LogP contribution in [0.2, 0.25) is 0 Å². The minimum absolute atomic E-state index is 0.969. The topological polar surface area (TPSA) is 41.1 Å². The van der Waals surface area contributed by atoms with Crippen molar-refractivity contribution in [1.29, 1.82) is 0 Å². The summed E-state index contributed by atoms with van der Waals surface area (Å²) in [4.78, 5) is 11.2. The van der Waals surface area contributed by atoms with Gasteiger partial charge in [-0.25, -0.2) is 9.97 Å². The lowest BCUT2D eigenvalue weighted by Gasteiger charge is -2.25. The highest BCUT2D eigenvalue weighted by Crippen LogP contribution is 2.24. The lowest BCUT2D eigenvalue weighted by atomic mass is 10.1. The molecule has 0 amide bonds. The standard InChI is InChI=1S/C14H26N4/c1-5-8-10-18(7-3)14-12(9-6-2)13(15-4)16-11-17-14/h11H,5-10H2,1-4H3,(H,15,16,17). The van der Waals surface area contributed by atoms with Crippen LogP contribution >= 0.6 is 0 Å². The molecule has 4 heteroatoms. The van der Waals surface area contributed by atoms with Crippen LogP contribution in [0.1, 0.15) is 45.6 Å². The van der Waals surface area contributed by atoms with Gasteiger partial charge in [-0.15, -0.1) is 0 Å². The van der Waals surface area contributed by atoms with E-state index in [2.05, 4.69) is 41.0 Å². The molecule has 0 spiro atoms. The highest BCUT2D eigenvalue weighted by atomic mass is 15.2. The number of hydrogen-bond acceptors (Lipinski definition) is 4. The molecule has 1 heterocycles. The number of nitrogens with one attached hydrogen (secondary N) is 1. The molecule has 0 bridgehead atoms. The predicted octanol–water partition coefficient (Wildman–Crippen LogP) is 3.10. The van der Waals surface area contributed by atoms with E-state index in [1.54, 1.807) is 6.33 Å². The summed E-state index contributed by atoms with van der Waals surface area (Å²) in [5, 5.41) is 3.18. The molecule has 0 atom stereocenters. The maximum atomic E-state index is 4.50. The molecule has 0 aliphatic carbocycles. The molecule has 0 aliphatic rings. The Bertz CT molecular complexity index is 352. The molecule has 0 aromatic carbocycles. The summed E-state index contributed by atoms with van der Waals surface area (Å²) in [5.74, 6) is 2.07. The third kappa shape index (κ3) is 3.59. The minimum Gasteiger partial charge on any atom is -0.373 e. The molecule has 4 nitrogen and oxygen atoms in total. The highest BCUT2D eigenvalue weighted by molar-refractivity contribution is 5.58. The first-order chi connectivity index (χ1) is 8.78. The van der Waals surface area contributed by atoms with Crippen LogP contribution in [-0.4, -0.2) is 30.1 Å². The van der Waals surface area contributed by atoms with Gasteiger partial charge in [-0.1, -0.05) is 26.7 Å². The molecular formula is C14H26N4. The van der Waals surface area contributed by atoms with Crippen LogP contribution in [0.4, 0.5) is 11.6 Å². The molecule has 0 unspecified atom stereocenters. The summed E-state index contributed by atoms with van der Waals surface area (Å²) in [6, 6.07) is 0. The van der Waals surface area contributed by atoms with Gasteiger partial charge in [0.1, 0.15) is 18.0 Å². The first-order valence-electron chi connectivity index (χ1n) is 7.04. The Balaban J connectivity index is 3.03. The van der Waals surface area contributed by atoms with Crippen LogP contribution in [-0.2, 0) is 6.42 Å². The number of hydrogen-bond donors (Lipinski definition) is 1. The van der Waals surface area contributed by atoms with Gasteiger partial charge >= 0.3 is 0 Å². The predicted molar refractivity (Wildman–Crippen MR) is 78.4 cm³/mol. The third-order valence-corrected chi connectivity index (χ3v) is 3.12. The Labute approximate surface area is 111 Å². The summed E-state index contributed by atoms with van der Waals surface area (Å²) >= 11 is 0. The molecule has 1 N–H and O–H groups in total. The summed E-state index contributed by atoms with van der Waals surface area (Å²) in [7, 11) is 1.92. The Morgan fingerprint density at radius 2 is 1.94 bits per heavy atom. The van der Waals surface area contributed by atoms with Crippen molar-refractivity contribution >= 4 is 11.6 Å². The van der Waals surface area contributed by atoms with Crippen molar-refractivity contribution in [2.45, 2.75) is 46.5 Å². The van der Waals surface area contributed by atoms with Gasteiger partial charge < -0.3 is 10.2 Å². The maximum Gasteiger partial charge on any atom is 0.137 e. The Hall–Kier alpha value is -1.32. The van der Waals surface area contributed by atoms with E-state index in [-0.39, 0.29) is 0 Å². The smallest absolute Gasteiger partial charge is 0.137 e. The molecular weight excluding hydrogens is 224 g/mol. The van der Waals surface area contributed by atoms with E-state index in [4.69, 9.17) is 0 Å². The van der Waals surface area contributed by atoms with Crippen LogP contribution in [0.15, 0.2) is 6.33 Å². The first-order valence-corrected chi connectivity index (χ1v) is 7.04. The van der Waals surface area contributed by atoms with Gasteiger partial charge in [0.25, 0.3) is 0 Å². The highest BCUT2D eigenvalue weighted by Gasteiger charge is 2.14. The quantitative estimate of drug-likeness (QED) is 0.769. The SMILES string of the molecule is CCCCN(CC)c1ncnc(NC)c1CCC. The zero-order chi connectivity index (χ0) is 13.4. The van der Waals surface area contributed by atoms with Crippen molar-refractivity contribution < 1.29 is 0 Å². The van der Waals surface area contributed by atoms with Crippen molar-refractivity contribution in [1.82, 2.24) is 9.97 Å². The average molecular weight is 250 g/mol. The molecule has 0 radical (unpaired) electrons. The third-order valence-electron chi connectivity index (χ3n) is 3.12. The fourth-order valence-electron chi connectivity index (χ4n) is 2.13. The van der Waals surface area contributed by atoms with Crippen molar-refractivity contribution in [2.75, 3.05) is 30.4 Å². The van der Waals surface area contributed by atoms with Gasteiger partial charge in [-0.3, -0.25) is 0 Å². The Morgan fingerprint density at radius 3 is 2.50 bits per heavy atom. The van der Waals surface area contributed by atoms with Gasteiger partial charge in [0.2, 0.25) is 0 Å². The van der Waals surface area contributed by atoms with E-state index < -0.39 is 0 Å². The number of unbranched alkanes of at least 4 members (excludes halogenated alkanes) is 1. The maximum absolute atomic E-state index is 4.50. The van der Waals surface area contributed by atoms with Crippen molar-refractivity contribution in [2.24, 2.45) is 0 Å². The zero-order valence-corrected chi connectivity index (χ0v) is 12.2. The van der Waals surface area contributed by atoms with Crippen molar-refractivity contribution in [3.8, 4) is 0 Å². The molecule has 102 valence electrons. The van der Waals surface area contributed by atoms with E-state index in [1.165, 1.54) is 18.4 Å².